The van der Waals surface area contributed by atoms with E-state index in [0.717, 1.165) is 36.4 Å². The summed E-state index contributed by atoms with van der Waals surface area (Å²) in [6.07, 6.45) is 2.17. The number of carbonyl (C=O) groups excluding carboxylic acids is 1. The van der Waals surface area contributed by atoms with Gasteiger partial charge >= 0.3 is 0 Å². The zero-order valence-corrected chi connectivity index (χ0v) is 15.0. The molecule has 1 saturated heterocycles. The third-order valence-electron chi connectivity index (χ3n) is 4.67. The summed E-state index contributed by atoms with van der Waals surface area (Å²) in [7, 11) is 1.61. The van der Waals surface area contributed by atoms with Crippen molar-refractivity contribution in [3.8, 4) is 16.2 Å². The highest BCUT2D eigenvalue weighted by Gasteiger charge is 2.28. The molecule has 1 amide bonds. The van der Waals surface area contributed by atoms with Gasteiger partial charge in [0.05, 0.1) is 7.11 Å². The molecule has 1 aromatic heterocycles. The molecule has 2 N–H and O–H groups in total. The summed E-state index contributed by atoms with van der Waals surface area (Å²) in [5, 5.41) is 6.48. The van der Waals surface area contributed by atoms with Gasteiger partial charge < -0.3 is 15.4 Å². The molecule has 1 aliphatic rings. The van der Waals surface area contributed by atoms with E-state index in [0.29, 0.717) is 17.2 Å². The molecular weight excluding hydrogens is 320 g/mol. The Bertz CT molecular complexity index is 691. The average Bonchev–Trinajstić information content (AvgIpc) is 3.06. The lowest BCUT2D eigenvalue weighted by atomic mass is 9.81. The minimum atomic E-state index is -0.0428. The first-order valence-electron chi connectivity index (χ1n) is 8.33. The van der Waals surface area contributed by atoms with Gasteiger partial charge in [-0.2, -0.15) is 0 Å². The van der Waals surface area contributed by atoms with E-state index in [1.807, 2.05) is 36.4 Å². The summed E-state index contributed by atoms with van der Waals surface area (Å²) < 4.78 is 5.43. The first kappa shape index (κ1) is 17.0. The molecule has 0 saturated carbocycles. The van der Waals surface area contributed by atoms with Crippen molar-refractivity contribution in [3.05, 3.63) is 41.3 Å². The number of benzene rings is 1. The van der Waals surface area contributed by atoms with E-state index in [1.54, 1.807) is 7.11 Å². The third kappa shape index (κ3) is 3.79. The Balaban J connectivity index is 1.73. The van der Waals surface area contributed by atoms with Crippen LogP contribution in [0, 0.1) is 5.41 Å². The molecule has 4 nitrogen and oxygen atoms in total. The number of piperidine rings is 1. The van der Waals surface area contributed by atoms with Gasteiger partial charge in [-0.15, -0.1) is 11.3 Å². The number of nitrogens with one attached hydrogen (secondary N) is 2. The second-order valence-corrected chi connectivity index (χ2v) is 7.67. The first-order valence-corrected chi connectivity index (χ1v) is 9.15. The quantitative estimate of drug-likeness (QED) is 0.872. The summed E-state index contributed by atoms with van der Waals surface area (Å²) in [5.74, 6) is 0.602. The van der Waals surface area contributed by atoms with E-state index in [9.17, 15) is 4.79 Å². The SMILES string of the molecule is COc1cc(-c2ccccc2)sc1C(=O)NCC1(C)CCNCC1. The van der Waals surface area contributed by atoms with Crippen LogP contribution in [0.1, 0.15) is 29.4 Å². The van der Waals surface area contributed by atoms with Crippen molar-refractivity contribution in [1.82, 2.24) is 10.6 Å². The van der Waals surface area contributed by atoms with Crippen LogP contribution in [0.5, 0.6) is 5.75 Å². The molecule has 128 valence electrons. The van der Waals surface area contributed by atoms with E-state index in [-0.39, 0.29) is 11.3 Å². The van der Waals surface area contributed by atoms with Crippen LogP contribution in [-0.4, -0.2) is 32.7 Å². The van der Waals surface area contributed by atoms with Crippen LogP contribution in [0.3, 0.4) is 0 Å². The van der Waals surface area contributed by atoms with E-state index in [1.165, 1.54) is 11.3 Å². The van der Waals surface area contributed by atoms with Gasteiger partial charge in [0, 0.05) is 11.4 Å². The Labute approximate surface area is 147 Å². The van der Waals surface area contributed by atoms with Crippen molar-refractivity contribution >= 4 is 17.2 Å². The topological polar surface area (TPSA) is 50.4 Å². The number of ether oxygens (including phenoxy) is 1. The molecule has 2 heterocycles. The molecule has 0 aliphatic carbocycles. The Morgan fingerprint density at radius 3 is 2.67 bits per heavy atom. The Morgan fingerprint density at radius 2 is 2.00 bits per heavy atom. The highest BCUT2D eigenvalue weighted by molar-refractivity contribution is 7.17. The van der Waals surface area contributed by atoms with E-state index >= 15 is 0 Å². The predicted octanol–water partition coefficient (Wildman–Crippen LogP) is 3.54. The third-order valence-corrected chi connectivity index (χ3v) is 5.83. The molecule has 1 aromatic carbocycles. The molecule has 0 bridgehead atoms. The van der Waals surface area contributed by atoms with Gasteiger partial charge in [-0.25, -0.2) is 0 Å². The van der Waals surface area contributed by atoms with Crippen molar-refractivity contribution in [2.75, 3.05) is 26.7 Å². The predicted molar refractivity (Wildman–Crippen MR) is 98.9 cm³/mol. The normalized spacial score (nSPS) is 16.6. The minimum Gasteiger partial charge on any atom is -0.495 e. The second-order valence-electron chi connectivity index (χ2n) is 6.62. The number of carbonyl (C=O) groups is 1. The van der Waals surface area contributed by atoms with Crippen LogP contribution in [0.25, 0.3) is 10.4 Å². The fraction of sp³-hybridized carbons (Fsp3) is 0.421. The van der Waals surface area contributed by atoms with Gasteiger partial charge in [0.15, 0.2) is 0 Å². The molecule has 0 atom stereocenters. The number of amides is 1. The Morgan fingerprint density at radius 1 is 1.29 bits per heavy atom. The van der Waals surface area contributed by atoms with Crippen molar-refractivity contribution in [1.29, 1.82) is 0 Å². The Kier molecular flexibility index (Phi) is 5.21. The van der Waals surface area contributed by atoms with Gasteiger partial charge in [-0.1, -0.05) is 37.3 Å². The summed E-state index contributed by atoms with van der Waals surface area (Å²) in [4.78, 5) is 14.4. The zero-order chi connectivity index (χ0) is 17.0. The zero-order valence-electron chi connectivity index (χ0n) is 14.2. The molecular formula is C19H24N2O2S. The number of hydrogen-bond donors (Lipinski definition) is 2. The Hall–Kier alpha value is -1.85. The molecule has 0 spiro atoms. The molecule has 1 aliphatic heterocycles. The van der Waals surface area contributed by atoms with Gasteiger partial charge in [-0.05, 0) is 43.0 Å². The first-order chi connectivity index (χ1) is 11.6. The monoisotopic (exact) mass is 344 g/mol. The highest BCUT2D eigenvalue weighted by Crippen LogP contribution is 2.36. The molecule has 24 heavy (non-hydrogen) atoms. The fourth-order valence-corrected chi connectivity index (χ4v) is 4.06. The summed E-state index contributed by atoms with van der Waals surface area (Å²) in [6.45, 7) is 4.99. The van der Waals surface area contributed by atoms with Crippen molar-refractivity contribution in [3.63, 3.8) is 0 Å². The minimum absolute atomic E-state index is 0.0428. The maximum absolute atomic E-state index is 12.7. The lowest BCUT2D eigenvalue weighted by Gasteiger charge is -2.34. The van der Waals surface area contributed by atoms with Crippen molar-refractivity contribution < 1.29 is 9.53 Å². The van der Waals surface area contributed by atoms with Crippen molar-refractivity contribution in [2.45, 2.75) is 19.8 Å². The van der Waals surface area contributed by atoms with Gasteiger partial charge in [0.1, 0.15) is 10.6 Å². The van der Waals surface area contributed by atoms with E-state index < -0.39 is 0 Å². The molecule has 3 rings (SSSR count). The van der Waals surface area contributed by atoms with Gasteiger partial charge in [0.25, 0.3) is 5.91 Å². The molecule has 0 unspecified atom stereocenters. The molecule has 2 aromatic rings. The standard InChI is InChI=1S/C19H24N2O2S/c1-19(8-10-20-11-9-19)13-21-18(22)17-15(23-2)12-16(24-17)14-6-4-3-5-7-14/h3-7,12,20H,8-11,13H2,1-2H3,(H,21,22). The lowest BCUT2D eigenvalue weighted by Crippen LogP contribution is -2.42. The molecule has 0 radical (unpaired) electrons. The summed E-state index contributed by atoms with van der Waals surface area (Å²) in [5.41, 5.74) is 1.28. The van der Waals surface area contributed by atoms with Gasteiger partial charge in [0.2, 0.25) is 0 Å². The number of hydrogen-bond acceptors (Lipinski definition) is 4. The van der Waals surface area contributed by atoms with Crippen molar-refractivity contribution in [2.24, 2.45) is 5.41 Å². The van der Waals surface area contributed by atoms with Crippen LogP contribution >= 0.6 is 11.3 Å². The number of thiophene rings is 1. The van der Waals surface area contributed by atoms with Crippen LogP contribution in [0.4, 0.5) is 0 Å². The van der Waals surface area contributed by atoms with Crippen LogP contribution < -0.4 is 15.4 Å². The van der Waals surface area contributed by atoms with Crippen LogP contribution in [0.2, 0.25) is 0 Å². The largest absolute Gasteiger partial charge is 0.495 e. The second kappa shape index (κ2) is 7.36. The maximum Gasteiger partial charge on any atom is 0.265 e. The van der Waals surface area contributed by atoms with Crippen LogP contribution in [0.15, 0.2) is 36.4 Å². The summed E-state index contributed by atoms with van der Waals surface area (Å²) in [6, 6.07) is 12.0. The lowest BCUT2D eigenvalue weighted by molar-refractivity contribution is 0.0923. The number of rotatable bonds is 5. The van der Waals surface area contributed by atoms with Gasteiger partial charge in [-0.3, -0.25) is 4.79 Å². The molecule has 5 heteroatoms. The van der Waals surface area contributed by atoms with Crippen LogP contribution in [-0.2, 0) is 0 Å². The highest BCUT2D eigenvalue weighted by atomic mass is 32.1. The van der Waals surface area contributed by atoms with E-state index in [2.05, 4.69) is 17.6 Å². The molecule has 1 fully saturated rings. The summed E-state index contributed by atoms with van der Waals surface area (Å²) >= 11 is 1.48. The fourth-order valence-electron chi connectivity index (χ4n) is 3.01. The number of methoxy groups -OCH3 is 1. The smallest absolute Gasteiger partial charge is 0.265 e. The average molecular weight is 344 g/mol. The maximum atomic E-state index is 12.7. The van der Waals surface area contributed by atoms with E-state index in [4.69, 9.17) is 4.74 Å².